The maximum atomic E-state index is 9.25. The number of hydrogen-bond donors (Lipinski definition) is 3. The van der Waals surface area contributed by atoms with Gasteiger partial charge in [-0.25, -0.2) is 4.79 Å². The second-order valence-electron chi connectivity index (χ2n) is 0.990. The molecule has 0 aliphatic heterocycles. The van der Waals surface area contributed by atoms with Crippen molar-refractivity contribution in [2.24, 2.45) is 0 Å². The molecule has 0 aliphatic carbocycles. The van der Waals surface area contributed by atoms with E-state index < -0.39 is 16.4 Å². The van der Waals surface area contributed by atoms with Crippen LogP contribution in [0.4, 0.5) is 0 Å². The Morgan fingerprint density at radius 3 is 1.46 bits per heavy atom. The van der Waals surface area contributed by atoms with Gasteiger partial charge in [-0.05, 0) is 0 Å². The molecule has 0 aromatic carbocycles. The number of carboxylic acid groups (broad SMARTS) is 1. The summed E-state index contributed by atoms with van der Waals surface area (Å²) in [6.07, 6.45) is 0.833. The molecule has 72 valence electrons. The predicted octanol–water partition coefficient (Wildman–Crippen LogP) is -1.11. The van der Waals surface area contributed by atoms with Crippen molar-refractivity contribution in [3.8, 4) is 0 Å². The van der Waals surface area contributed by atoms with Crippen LogP contribution in [0.25, 0.3) is 0 Å². The van der Waals surface area contributed by atoms with Gasteiger partial charge in [0.05, 0.1) is 0 Å². The monoisotopic (exact) mass is 348 g/mol. The van der Waals surface area contributed by atoms with E-state index in [4.69, 9.17) is 22.6 Å². The molecule has 0 aliphatic rings. The van der Waals surface area contributed by atoms with Crippen LogP contribution in [0.2, 0.25) is 4.17 Å². The van der Waals surface area contributed by atoms with E-state index in [9.17, 15) is 4.79 Å². The number of aliphatic carboxylic acids is 1. The van der Waals surface area contributed by atoms with Crippen LogP contribution in [0, 0.1) is 0 Å². The summed E-state index contributed by atoms with van der Waals surface area (Å²) in [7, 11) is -4.67. The SMILES string of the molecule is C=CC(=O)O.O=S(=O)(O)O.[BaH2].[CH3][Na]. The van der Waals surface area contributed by atoms with Gasteiger partial charge in [-0.2, -0.15) is 8.42 Å². The molecule has 0 rings (SSSR count). The molecule has 13 heavy (non-hydrogen) atoms. The zero-order valence-corrected chi connectivity index (χ0v) is 9.58. The van der Waals surface area contributed by atoms with Crippen molar-refractivity contribution in [1.29, 1.82) is 0 Å². The van der Waals surface area contributed by atoms with Gasteiger partial charge < -0.3 is 5.11 Å². The number of hydrogen-bond acceptors (Lipinski definition) is 3. The fourth-order valence-electron chi connectivity index (χ4n) is 0. The summed E-state index contributed by atoms with van der Waals surface area (Å²) in [5.41, 5.74) is 0. The number of carboxylic acids is 1. The van der Waals surface area contributed by atoms with Gasteiger partial charge in [0.2, 0.25) is 0 Å². The molecular weight excluding hydrogens is 336 g/mol. The van der Waals surface area contributed by atoms with Crippen LogP contribution in [-0.4, -0.2) is 105 Å². The van der Waals surface area contributed by atoms with E-state index in [0.717, 1.165) is 6.08 Å². The molecule has 0 fully saturated rings. The first-order valence-corrected chi connectivity index (χ1v) is 6.22. The standard InChI is InChI=1S/C3H4O2.CH3.Ba.Na.H2O4S.2H/c1-2-3(4)5;;;;1-5(2,3)4;;/h2H,1H2,(H,4,5);1H3;;;(H2,1,2,3,4);;. The molecular formula is C4H11BaNaO6S. The third kappa shape index (κ3) is 139. The summed E-state index contributed by atoms with van der Waals surface area (Å²) >= 11 is 1.31. The quantitative estimate of drug-likeness (QED) is 0.315. The molecule has 0 bridgehead atoms. The van der Waals surface area contributed by atoms with Gasteiger partial charge in [0.25, 0.3) is 0 Å². The minimum absolute atomic E-state index is 0. The minimum atomic E-state index is -4.67. The summed E-state index contributed by atoms with van der Waals surface area (Å²) < 4.78 is 33.7. The molecule has 0 atom stereocenters. The predicted molar refractivity (Wildman–Crippen MR) is 52.2 cm³/mol. The zero-order chi connectivity index (χ0) is 10.8. The van der Waals surface area contributed by atoms with Crippen molar-refractivity contribution in [1.82, 2.24) is 0 Å². The Morgan fingerprint density at radius 1 is 1.38 bits per heavy atom. The Balaban J connectivity index is -0.0000000491. The molecule has 0 aromatic heterocycles. The molecule has 3 N–H and O–H groups in total. The van der Waals surface area contributed by atoms with Gasteiger partial charge >= 0.3 is 97.4 Å². The Morgan fingerprint density at radius 2 is 1.46 bits per heavy atom. The first kappa shape index (κ1) is 24.1. The average Bonchev–Trinajstić information content (AvgIpc) is 1.89. The van der Waals surface area contributed by atoms with Crippen LogP contribution in [0.15, 0.2) is 12.7 Å². The molecule has 9 heteroatoms. The number of carbonyl (C=O) groups is 1. The van der Waals surface area contributed by atoms with E-state index in [2.05, 4.69) is 10.8 Å². The maximum absolute atomic E-state index is 9.25. The van der Waals surface area contributed by atoms with E-state index in [0.29, 0.717) is 0 Å². The zero-order valence-electron chi connectivity index (χ0n) is 6.76. The molecule has 0 amide bonds. The summed E-state index contributed by atoms with van der Waals surface area (Å²) in [4.78, 5) is 9.25. The summed E-state index contributed by atoms with van der Waals surface area (Å²) in [6, 6.07) is 0. The van der Waals surface area contributed by atoms with E-state index in [1.165, 1.54) is 27.9 Å². The van der Waals surface area contributed by atoms with Gasteiger partial charge in [-0.1, -0.05) is 6.58 Å². The van der Waals surface area contributed by atoms with Crippen molar-refractivity contribution >= 4 is 93.2 Å². The Labute approximate surface area is 135 Å². The van der Waals surface area contributed by atoms with Crippen molar-refractivity contribution in [2.75, 3.05) is 0 Å². The molecule has 0 saturated heterocycles. The summed E-state index contributed by atoms with van der Waals surface area (Å²) in [5, 5.41) is 7.60. The van der Waals surface area contributed by atoms with Gasteiger partial charge in [0, 0.05) is 6.08 Å². The Hall–Kier alpha value is 1.65. The number of rotatable bonds is 1. The molecule has 0 heterocycles. The average molecular weight is 348 g/mol. The van der Waals surface area contributed by atoms with Crippen LogP contribution >= 0.6 is 0 Å². The van der Waals surface area contributed by atoms with Crippen LogP contribution < -0.4 is 0 Å². The fraction of sp³-hybridized carbons (Fsp3) is 0.250. The molecule has 0 radical (unpaired) electrons. The van der Waals surface area contributed by atoms with Crippen molar-refractivity contribution < 1.29 is 27.4 Å². The molecule has 0 aromatic rings. The van der Waals surface area contributed by atoms with Crippen LogP contribution in [0.5, 0.6) is 0 Å². The third-order valence-corrected chi connectivity index (χ3v) is 0.175. The normalized spacial score (nSPS) is 7.46. The van der Waals surface area contributed by atoms with Crippen LogP contribution in [0.1, 0.15) is 0 Å². The summed E-state index contributed by atoms with van der Waals surface area (Å²) in [6.45, 7) is 2.96. The van der Waals surface area contributed by atoms with Gasteiger partial charge in [0.1, 0.15) is 0 Å². The summed E-state index contributed by atoms with van der Waals surface area (Å²) in [5.74, 6) is -0.981. The van der Waals surface area contributed by atoms with E-state index in [-0.39, 0.29) is 48.9 Å². The Bertz CT molecular complexity index is 205. The van der Waals surface area contributed by atoms with Crippen molar-refractivity contribution in [2.45, 2.75) is 4.17 Å². The van der Waals surface area contributed by atoms with E-state index >= 15 is 0 Å². The van der Waals surface area contributed by atoms with Crippen molar-refractivity contribution in [3.05, 3.63) is 12.7 Å². The van der Waals surface area contributed by atoms with E-state index in [1.54, 1.807) is 0 Å². The topological polar surface area (TPSA) is 112 Å². The van der Waals surface area contributed by atoms with E-state index in [1.807, 2.05) is 0 Å². The first-order valence-electron chi connectivity index (χ1n) is 2.82. The third-order valence-electron chi connectivity index (χ3n) is 0.175. The van der Waals surface area contributed by atoms with Gasteiger partial charge in [-0.15, -0.1) is 0 Å². The molecule has 6 nitrogen and oxygen atoms in total. The second kappa shape index (κ2) is 16.1. The molecule has 0 spiro atoms. The van der Waals surface area contributed by atoms with Gasteiger partial charge in [-0.3, -0.25) is 9.11 Å². The molecule has 0 saturated carbocycles. The van der Waals surface area contributed by atoms with Crippen LogP contribution in [-0.2, 0) is 15.2 Å². The van der Waals surface area contributed by atoms with Gasteiger partial charge in [0.15, 0.2) is 0 Å². The first-order chi connectivity index (χ1) is 5.27. The fourth-order valence-corrected chi connectivity index (χ4v) is 0. The molecule has 0 unspecified atom stereocenters. The Kier molecular flexibility index (Phi) is 29.8. The van der Waals surface area contributed by atoms with Crippen molar-refractivity contribution in [3.63, 3.8) is 0 Å². The van der Waals surface area contributed by atoms with Crippen LogP contribution in [0.3, 0.4) is 0 Å². The second-order valence-corrected chi connectivity index (χ2v) is 1.89.